The van der Waals surface area contributed by atoms with E-state index in [9.17, 15) is 4.79 Å². The second-order valence-corrected chi connectivity index (χ2v) is 7.26. The number of carbonyl (C=O) groups is 1. The van der Waals surface area contributed by atoms with E-state index >= 15 is 0 Å². The molecule has 0 aliphatic heterocycles. The Hall–Kier alpha value is -2.25. The molecular formula is C22H29BrN2O4. The summed E-state index contributed by atoms with van der Waals surface area (Å²) in [7, 11) is 1.60. The maximum absolute atomic E-state index is 12.2. The van der Waals surface area contributed by atoms with Crippen LogP contribution in [0.4, 0.5) is 5.69 Å². The highest BCUT2D eigenvalue weighted by Crippen LogP contribution is 2.30. The number of nitrogens with one attached hydrogen (secondary N) is 1. The monoisotopic (exact) mass is 464 g/mol. The first-order valence-electron chi connectivity index (χ1n) is 9.77. The molecule has 0 unspecified atom stereocenters. The Labute approximate surface area is 181 Å². The molecule has 2 aromatic rings. The van der Waals surface area contributed by atoms with Crippen molar-refractivity contribution in [2.24, 2.45) is 0 Å². The van der Waals surface area contributed by atoms with E-state index in [1.807, 2.05) is 24.3 Å². The Bertz CT molecular complexity index is 781. The molecule has 6 nitrogen and oxygen atoms in total. The highest BCUT2D eigenvalue weighted by Gasteiger charge is 2.10. The van der Waals surface area contributed by atoms with Crippen molar-refractivity contribution >= 4 is 27.5 Å². The molecule has 0 radical (unpaired) electrons. The molecule has 7 heteroatoms. The average molecular weight is 465 g/mol. The summed E-state index contributed by atoms with van der Waals surface area (Å²) >= 11 is 3.40. The molecule has 0 saturated carbocycles. The first kappa shape index (κ1) is 23.0. The average Bonchev–Trinajstić information content (AvgIpc) is 2.71. The summed E-state index contributed by atoms with van der Waals surface area (Å²) in [6.45, 7) is 7.90. The molecule has 2 aromatic carbocycles. The van der Waals surface area contributed by atoms with Crippen LogP contribution in [0, 0.1) is 0 Å². The Morgan fingerprint density at radius 1 is 1.03 bits per heavy atom. The van der Waals surface area contributed by atoms with Gasteiger partial charge in [0, 0.05) is 22.8 Å². The molecule has 0 spiro atoms. The summed E-state index contributed by atoms with van der Waals surface area (Å²) < 4.78 is 17.8. The molecule has 158 valence electrons. The molecule has 0 aromatic heterocycles. The summed E-state index contributed by atoms with van der Waals surface area (Å²) in [6.07, 6.45) is 0.247. The molecule has 0 aliphatic rings. The van der Waals surface area contributed by atoms with Crippen LogP contribution in [0.15, 0.2) is 46.9 Å². The van der Waals surface area contributed by atoms with Gasteiger partial charge in [-0.1, -0.05) is 35.8 Å². The molecule has 0 bridgehead atoms. The second-order valence-electron chi connectivity index (χ2n) is 6.34. The van der Waals surface area contributed by atoms with Gasteiger partial charge in [-0.2, -0.15) is 0 Å². The molecule has 0 aliphatic carbocycles. The minimum Gasteiger partial charge on any atom is -0.493 e. The zero-order valence-electron chi connectivity index (χ0n) is 17.2. The fraction of sp³-hybridized carbons (Fsp3) is 0.409. The SMILES string of the molecule is CCN(CC)CCOc1cc(NC(=O)CCOc2cccc(Br)c2)ccc1OC. The smallest absolute Gasteiger partial charge is 0.227 e. The van der Waals surface area contributed by atoms with Crippen molar-refractivity contribution in [1.82, 2.24) is 4.90 Å². The van der Waals surface area contributed by atoms with Gasteiger partial charge in [-0.15, -0.1) is 0 Å². The van der Waals surface area contributed by atoms with E-state index in [1.165, 1.54) is 0 Å². The van der Waals surface area contributed by atoms with Crippen LogP contribution in [0.2, 0.25) is 0 Å². The van der Waals surface area contributed by atoms with Crippen LogP contribution < -0.4 is 19.5 Å². The largest absolute Gasteiger partial charge is 0.493 e. The van der Waals surface area contributed by atoms with E-state index in [1.54, 1.807) is 25.3 Å². The lowest BCUT2D eigenvalue weighted by Gasteiger charge is -2.19. The molecule has 0 heterocycles. The number of ether oxygens (including phenoxy) is 3. The van der Waals surface area contributed by atoms with Crippen LogP contribution >= 0.6 is 15.9 Å². The van der Waals surface area contributed by atoms with E-state index < -0.39 is 0 Å². The van der Waals surface area contributed by atoms with Crippen LogP contribution in [0.5, 0.6) is 17.2 Å². The number of rotatable bonds is 12. The van der Waals surface area contributed by atoms with Gasteiger partial charge in [0.1, 0.15) is 12.4 Å². The van der Waals surface area contributed by atoms with Crippen molar-refractivity contribution in [3.05, 3.63) is 46.9 Å². The minimum absolute atomic E-state index is 0.126. The van der Waals surface area contributed by atoms with E-state index in [0.29, 0.717) is 30.4 Å². The summed E-state index contributed by atoms with van der Waals surface area (Å²) in [5, 5.41) is 2.88. The van der Waals surface area contributed by atoms with Crippen LogP contribution in [0.25, 0.3) is 0 Å². The Kier molecular flexibility index (Phi) is 9.80. The number of likely N-dealkylation sites (N-methyl/N-ethyl adjacent to an activating group) is 1. The lowest BCUT2D eigenvalue weighted by atomic mass is 10.2. The number of amides is 1. The molecule has 0 saturated heterocycles. The van der Waals surface area contributed by atoms with Gasteiger partial charge < -0.3 is 24.4 Å². The van der Waals surface area contributed by atoms with Gasteiger partial charge in [0.25, 0.3) is 0 Å². The fourth-order valence-corrected chi connectivity index (χ4v) is 3.11. The summed E-state index contributed by atoms with van der Waals surface area (Å²) in [6, 6.07) is 12.9. The van der Waals surface area contributed by atoms with Crippen molar-refractivity contribution in [2.75, 3.05) is 45.3 Å². The maximum atomic E-state index is 12.2. The van der Waals surface area contributed by atoms with Gasteiger partial charge in [-0.3, -0.25) is 4.79 Å². The van der Waals surface area contributed by atoms with Crippen molar-refractivity contribution < 1.29 is 19.0 Å². The molecule has 29 heavy (non-hydrogen) atoms. The van der Waals surface area contributed by atoms with E-state index in [-0.39, 0.29) is 12.3 Å². The molecule has 0 fully saturated rings. The number of methoxy groups -OCH3 is 1. The summed E-state index contributed by atoms with van der Waals surface area (Å²) in [4.78, 5) is 14.5. The Balaban J connectivity index is 1.86. The molecule has 2 rings (SSSR count). The fourth-order valence-electron chi connectivity index (χ4n) is 2.73. The summed E-state index contributed by atoms with van der Waals surface area (Å²) in [5.41, 5.74) is 0.663. The zero-order valence-corrected chi connectivity index (χ0v) is 18.8. The zero-order chi connectivity index (χ0) is 21.1. The van der Waals surface area contributed by atoms with Gasteiger partial charge in [0.2, 0.25) is 5.91 Å². The number of carbonyl (C=O) groups excluding carboxylic acids is 1. The third-order valence-corrected chi connectivity index (χ3v) is 4.89. The van der Waals surface area contributed by atoms with Gasteiger partial charge in [-0.25, -0.2) is 0 Å². The summed E-state index contributed by atoms with van der Waals surface area (Å²) in [5.74, 6) is 1.85. The van der Waals surface area contributed by atoms with Gasteiger partial charge in [-0.05, 0) is 43.4 Å². The van der Waals surface area contributed by atoms with Crippen LogP contribution in [-0.2, 0) is 4.79 Å². The quantitative estimate of drug-likeness (QED) is 0.497. The highest BCUT2D eigenvalue weighted by atomic mass is 79.9. The van der Waals surface area contributed by atoms with Crippen molar-refractivity contribution in [2.45, 2.75) is 20.3 Å². The maximum Gasteiger partial charge on any atom is 0.227 e. The second kappa shape index (κ2) is 12.3. The van der Waals surface area contributed by atoms with Gasteiger partial charge >= 0.3 is 0 Å². The number of hydrogen-bond donors (Lipinski definition) is 1. The predicted molar refractivity (Wildman–Crippen MR) is 119 cm³/mol. The predicted octanol–water partition coefficient (Wildman–Crippen LogP) is 4.59. The number of anilines is 1. The Morgan fingerprint density at radius 2 is 1.83 bits per heavy atom. The number of halogens is 1. The number of benzene rings is 2. The standard InChI is InChI=1S/C22H29BrN2O4/c1-4-25(5-2)12-14-29-21-16-18(9-10-20(21)27-3)24-22(26)11-13-28-19-8-6-7-17(23)15-19/h6-10,15-16H,4-5,11-14H2,1-3H3,(H,24,26). The third-order valence-electron chi connectivity index (χ3n) is 4.40. The Morgan fingerprint density at radius 3 is 2.52 bits per heavy atom. The van der Waals surface area contributed by atoms with E-state index in [0.717, 1.165) is 29.9 Å². The van der Waals surface area contributed by atoms with Crippen LogP contribution in [-0.4, -0.2) is 50.8 Å². The van der Waals surface area contributed by atoms with Gasteiger partial charge in [0.15, 0.2) is 11.5 Å². The number of nitrogens with zero attached hydrogens (tertiary/aromatic N) is 1. The van der Waals surface area contributed by atoms with Crippen molar-refractivity contribution in [1.29, 1.82) is 0 Å². The van der Waals surface area contributed by atoms with E-state index in [4.69, 9.17) is 14.2 Å². The number of hydrogen-bond acceptors (Lipinski definition) is 5. The van der Waals surface area contributed by atoms with E-state index in [2.05, 4.69) is 40.0 Å². The normalized spacial score (nSPS) is 10.7. The first-order chi connectivity index (χ1) is 14.0. The first-order valence-corrected chi connectivity index (χ1v) is 10.6. The molecule has 1 N–H and O–H groups in total. The lowest BCUT2D eigenvalue weighted by Crippen LogP contribution is -2.28. The topological polar surface area (TPSA) is 60.0 Å². The molecule has 0 atom stereocenters. The minimum atomic E-state index is -0.126. The van der Waals surface area contributed by atoms with Gasteiger partial charge in [0.05, 0.1) is 20.1 Å². The lowest BCUT2D eigenvalue weighted by molar-refractivity contribution is -0.116. The molecule has 1 amide bonds. The van der Waals surface area contributed by atoms with Crippen molar-refractivity contribution in [3.63, 3.8) is 0 Å². The van der Waals surface area contributed by atoms with Crippen molar-refractivity contribution in [3.8, 4) is 17.2 Å². The van der Waals surface area contributed by atoms with Crippen LogP contribution in [0.1, 0.15) is 20.3 Å². The molecular weight excluding hydrogens is 436 g/mol. The highest BCUT2D eigenvalue weighted by molar-refractivity contribution is 9.10. The third kappa shape index (κ3) is 7.95. The van der Waals surface area contributed by atoms with Crippen LogP contribution in [0.3, 0.4) is 0 Å².